The number of aliphatic hydroxyl groups excluding tert-OH is 2. The van der Waals surface area contributed by atoms with Crippen molar-refractivity contribution < 1.29 is 30.0 Å². The van der Waals surface area contributed by atoms with Crippen LogP contribution in [0.25, 0.3) is 0 Å². The first-order valence-electron chi connectivity index (χ1n) is 8.47. The Morgan fingerprint density at radius 3 is 2.69 bits per heavy atom. The summed E-state index contributed by atoms with van der Waals surface area (Å²) in [5, 5.41) is 40.8. The van der Waals surface area contributed by atoms with Crippen molar-refractivity contribution in [2.45, 2.75) is 57.5 Å². The van der Waals surface area contributed by atoms with Crippen molar-refractivity contribution >= 4 is 17.4 Å². The largest absolute Gasteiger partial charge is 0.465 e. The molecule has 0 aromatic carbocycles. The molecule has 26 heavy (non-hydrogen) atoms. The molecule has 1 aliphatic carbocycles. The van der Waals surface area contributed by atoms with Crippen LogP contribution in [0.2, 0.25) is 0 Å². The molecular formula is C19H25ClO6. The summed E-state index contributed by atoms with van der Waals surface area (Å²) in [5.41, 5.74) is -3.05. The monoisotopic (exact) mass is 384 g/mol. The molecule has 0 amide bonds. The summed E-state index contributed by atoms with van der Waals surface area (Å²) in [5.74, 6) is -0.618. The molecule has 0 aromatic heterocycles. The number of fused-ring (bicyclic) bond motifs is 1. The van der Waals surface area contributed by atoms with E-state index < -0.39 is 29.2 Å². The molecule has 0 saturated heterocycles. The lowest BCUT2D eigenvalue weighted by atomic mass is 9.79. The molecule has 1 aliphatic heterocycles. The van der Waals surface area contributed by atoms with E-state index in [1.54, 1.807) is 0 Å². The molecule has 0 aromatic rings. The highest BCUT2D eigenvalue weighted by molar-refractivity contribution is 6.45. The third kappa shape index (κ3) is 3.66. The minimum Gasteiger partial charge on any atom is -0.465 e. The van der Waals surface area contributed by atoms with E-state index in [2.05, 4.69) is 0 Å². The molecule has 6 nitrogen and oxygen atoms in total. The van der Waals surface area contributed by atoms with Crippen LogP contribution >= 0.6 is 11.6 Å². The number of carbonyl (C=O) groups excluding carboxylic acids is 1. The van der Waals surface area contributed by atoms with Gasteiger partial charge in [0.2, 0.25) is 5.78 Å². The normalized spacial score (nSPS) is 31.0. The lowest BCUT2D eigenvalue weighted by molar-refractivity contribution is -0.140. The fourth-order valence-electron chi connectivity index (χ4n) is 2.86. The fraction of sp³-hybridized carbons (Fsp3) is 0.526. The lowest BCUT2D eigenvalue weighted by Gasteiger charge is -2.35. The predicted molar refractivity (Wildman–Crippen MR) is 97.0 cm³/mol. The van der Waals surface area contributed by atoms with E-state index in [9.17, 15) is 25.2 Å². The van der Waals surface area contributed by atoms with Gasteiger partial charge in [0.1, 0.15) is 17.5 Å². The summed E-state index contributed by atoms with van der Waals surface area (Å²) >= 11 is 6.06. The minimum absolute atomic E-state index is 0.104. The van der Waals surface area contributed by atoms with Crippen LogP contribution < -0.4 is 0 Å². The number of ketones is 1. The van der Waals surface area contributed by atoms with Gasteiger partial charge < -0.3 is 25.2 Å². The Balaban J connectivity index is 2.31. The van der Waals surface area contributed by atoms with E-state index in [-0.39, 0.29) is 27.9 Å². The first kappa shape index (κ1) is 20.9. The number of ether oxygens (including phenoxy) is 1. The quantitative estimate of drug-likeness (QED) is 0.574. The summed E-state index contributed by atoms with van der Waals surface area (Å²) in [6.07, 6.45) is 3.79. The van der Waals surface area contributed by atoms with Crippen LogP contribution in [0, 0.1) is 5.92 Å². The highest BCUT2D eigenvalue weighted by Crippen LogP contribution is 2.39. The van der Waals surface area contributed by atoms with Crippen molar-refractivity contribution in [2.24, 2.45) is 5.92 Å². The van der Waals surface area contributed by atoms with Gasteiger partial charge in [-0.05, 0) is 38.0 Å². The third-order valence-corrected chi connectivity index (χ3v) is 5.38. The summed E-state index contributed by atoms with van der Waals surface area (Å²) in [4.78, 5) is 12.1. The van der Waals surface area contributed by atoms with Crippen LogP contribution in [0.15, 0.2) is 46.4 Å². The van der Waals surface area contributed by atoms with E-state index in [1.807, 2.05) is 13.8 Å². The first-order chi connectivity index (χ1) is 11.9. The number of halogens is 1. The van der Waals surface area contributed by atoms with E-state index in [0.717, 1.165) is 0 Å². The Kier molecular flexibility index (Phi) is 5.85. The summed E-state index contributed by atoms with van der Waals surface area (Å²) in [7, 11) is 0. The molecule has 0 bridgehead atoms. The van der Waals surface area contributed by atoms with Crippen LogP contribution in [0.3, 0.4) is 0 Å². The minimum atomic E-state index is -2.03. The van der Waals surface area contributed by atoms with Gasteiger partial charge in [0, 0.05) is 11.1 Å². The molecule has 5 atom stereocenters. The third-order valence-electron chi connectivity index (χ3n) is 5.01. The van der Waals surface area contributed by atoms with E-state index in [1.165, 1.54) is 38.3 Å². The molecule has 4 N–H and O–H groups in total. The van der Waals surface area contributed by atoms with Gasteiger partial charge in [0.15, 0.2) is 5.60 Å². The van der Waals surface area contributed by atoms with Crippen molar-refractivity contribution in [1.82, 2.24) is 0 Å². The second-order valence-electron chi connectivity index (χ2n) is 7.23. The maximum absolute atomic E-state index is 12.1. The molecule has 7 heteroatoms. The van der Waals surface area contributed by atoms with Crippen LogP contribution in [0.1, 0.15) is 34.1 Å². The van der Waals surface area contributed by atoms with Crippen molar-refractivity contribution in [3.8, 4) is 0 Å². The van der Waals surface area contributed by atoms with Crippen molar-refractivity contribution in [2.75, 3.05) is 0 Å². The standard InChI is InChI=1S/C19H25ClO6/c1-5-10(2)15(21)18(3,24)7-6-11-8-12-13(9-26-11)16(22)19(4,25)17(23)14(12)20/h6-10,15-16,21-22,24-25H,5H2,1-4H3/b7-6+/t10-,15-,16+,18+,19-/m0/s1. The van der Waals surface area contributed by atoms with Gasteiger partial charge in [-0.3, -0.25) is 4.79 Å². The van der Waals surface area contributed by atoms with Crippen molar-refractivity contribution in [3.05, 3.63) is 46.4 Å². The van der Waals surface area contributed by atoms with Crippen LogP contribution in [-0.4, -0.2) is 49.6 Å². The van der Waals surface area contributed by atoms with Crippen LogP contribution in [0.4, 0.5) is 0 Å². The highest BCUT2D eigenvalue weighted by Gasteiger charge is 2.48. The molecule has 0 spiro atoms. The number of hydrogen-bond acceptors (Lipinski definition) is 6. The SMILES string of the molecule is CC[C@H](C)[C@H](O)[C@](C)(O)/C=C/C1=CC2=C(Cl)C(=O)[C@@](C)(O)[C@H](O)C2=CO1. The smallest absolute Gasteiger partial charge is 0.209 e. The number of rotatable bonds is 5. The molecule has 0 fully saturated rings. The first-order valence-corrected chi connectivity index (χ1v) is 8.84. The topological polar surface area (TPSA) is 107 Å². The van der Waals surface area contributed by atoms with Crippen LogP contribution in [-0.2, 0) is 9.53 Å². The van der Waals surface area contributed by atoms with Gasteiger partial charge in [-0.1, -0.05) is 31.9 Å². The Morgan fingerprint density at radius 1 is 1.50 bits per heavy atom. The fourth-order valence-corrected chi connectivity index (χ4v) is 3.22. The zero-order chi connectivity index (χ0) is 19.9. The lowest BCUT2D eigenvalue weighted by Crippen LogP contribution is -2.51. The maximum Gasteiger partial charge on any atom is 0.209 e. The number of aliphatic hydroxyl groups is 4. The molecule has 1 heterocycles. The zero-order valence-electron chi connectivity index (χ0n) is 15.2. The predicted octanol–water partition coefficient (Wildman–Crippen LogP) is 1.69. The van der Waals surface area contributed by atoms with Gasteiger partial charge in [-0.15, -0.1) is 0 Å². The Morgan fingerprint density at radius 2 is 2.12 bits per heavy atom. The Bertz CT molecular complexity index is 714. The van der Waals surface area contributed by atoms with Gasteiger partial charge in [-0.2, -0.15) is 0 Å². The molecule has 0 radical (unpaired) electrons. The number of hydrogen-bond donors (Lipinski definition) is 4. The molecule has 144 valence electrons. The van der Waals surface area contributed by atoms with Crippen molar-refractivity contribution in [3.63, 3.8) is 0 Å². The van der Waals surface area contributed by atoms with E-state index in [4.69, 9.17) is 16.3 Å². The molecule has 2 rings (SSSR count). The highest BCUT2D eigenvalue weighted by atomic mass is 35.5. The Hall–Kier alpha value is -1.44. The van der Waals surface area contributed by atoms with Crippen LogP contribution in [0.5, 0.6) is 0 Å². The second-order valence-corrected chi connectivity index (χ2v) is 7.61. The van der Waals surface area contributed by atoms with Crippen molar-refractivity contribution in [1.29, 1.82) is 0 Å². The Labute approximate surface area is 157 Å². The van der Waals surface area contributed by atoms with Gasteiger partial charge in [0.05, 0.1) is 17.4 Å². The summed E-state index contributed by atoms with van der Waals surface area (Å²) < 4.78 is 5.40. The van der Waals surface area contributed by atoms with Gasteiger partial charge in [0.25, 0.3) is 0 Å². The second kappa shape index (κ2) is 7.29. The number of allylic oxidation sites excluding steroid dienone is 2. The average Bonchev–Trinajstić information content (AvgIpc) is 2.61. The molecule has 2 aliphatic rings. The maximum atomic E-state index is 12.1. The molecular weight excluding hydrogens is 360 g/mol. The molecule has 0 saturated carbocycles. The average molecular weight is 385 g/mol. The number of Topliss-reactive ketones (excluding diaryl/α,β-unsaturated/α-hetero) is 1. The zero-order valence-corrected chi connectivity index (χ0v) is 16.0. The summed E-state index contributed by atoms with van der Waals surface area (Å²) in [6.45, 7) is 6.43. The van der Waals surface area contributed by atoms with Gasteiger partial charge >= 0.3 is 0 Å². The number of carbonyl (C=O) groups is 1. The summed E-state index contributed by atoms with van der Waals surface area (Å²) in [6, 6.07) is 0. The van der Waals surface area contributed by atoms with Gasteiger partial charge in [-0.25, -0.2) is 0 Å². The molecule has 0 unspecified atom stereocenters. The van der Waals surface area contributed by atoms with E-state index >= 15 is 0 Å². The van der Waals surface area contributed by atoms with E-state index in [0.29, 0.717) is 6.42 Å².